The van der Waals surface area contributed by atoms with Crippen LogP contribution in [0.5, 0.6) is 0 Å². The Morgan fingerprint density at radius 3 is 2.91 bits per heavy atom. The van der Waals surface area contributed by atoms with Crippen molar-refractivity contribution in [3.63, 3.8) is 0 Å². The number of nitrogens with one attached hydrogen (secondary N) is 1. The average Bonchev–Trinajstić information content (AvgIpc) is 2.96. The van der Waals surface area contributed by atoms with Crippen molar-refractivity contribution in [2.24, 2.45) is 0 Å². The zero-order valence-electron chi connectivity index (χ0n) is 13.5. The molecule has 2 aliphatic heterocycles. The highest BCUT2D eigenvalue weighted by Crippen LogP contribution is 2.32. The number of hydrogen-bond acceptors (Lipinski definition) is 4. The Morgan fingerprint density at radius 2 is 2.17 bits per heavy atom. The van der Waals surface area contributed by atoms with E-state index in [0.717, 1.165) is 19.3 Å². The first-order chi connectivity index (χ1) is 10.9. The summed E-state index contributed by atoms with van der Waals surface area (Å²) in [6.45, 7) is 3.68. The Bertz CT molecular complexity index is 686. The fourth-order valence-electron chi connectivity index (χ4n) is 3.41. The van der Waals surface area contributed by atoms with E-state index in [1.165, 1.54) is 21.0 Å². The number of hydrogen-bond donors (Lipinski definition) is 1. The van der Waals surface area contributed by atoms with Crippen LogP contribution in [0.25, 0.3) is 0 Å². The fraction of sp³-hybridized carbons (Fsp3) is 0.667. The number of carbonyl (C=O) groups excluding carboxylic acids is 1. The van der Waals surface area contributed by atoms with Gasteiger partial charge in [0, 0.05) is 30.6 Å². The molecular weight excluding hydrogens is 334 g/mol. The van der Waals surface area contributed by atoms with E-state index in [4.69, 9.17) is 0 Å². The van der Waals surface area contributed by atoms with E-state index in [2.05, 4.69) is 16.8 Å². The Labute approximate surface area is 141 Å². The second kappa shape index (κ2) is 6.41. The molecule has 1 aromatic heterocycles. The number of thiophene rings is 1. The molecule has 1 aromatic rings. The highest BCUT2D eigenvalue weighted by Gasteiger charge is 2.31. The first-order valence-corrected chi connectivity index (χ1v) is 10.7. The Morgan fingerprint density at radius 1 is 1.39 bits per heavy atom. The third-order valence-electron chi connectivity index (χ3n) is 4.72. The second-order valence-corrected chi connectivity index (χ2v) is 9.31. The van der Waals surface area contributed by atoms with Crippen molar-refractivity contribution in [2.75, 3.05) is 25.9 Å². The second-order valence-electron chi connectivity index (χ2n) is 6.33. The van der Waals surface area contributed by atoms with Gasteiger partial charge in [-0.1, -0.05) is 0 Å². The Kier molecular flexibility index (Phi) is 4.66. The molecule has 1 fully saturated rings. The molecule has 2 atom stereocenters. The van der Waals surface area contributed by atoms with Crippen LogP contribution in [0.4, 0.5) is 4.79 Å². The van der Waals surface area contributed by atoms with Gasteiger partial charge in [0.25, 0.3) is 0 Å². The van der Waals surface area contributed by atoms with Crippen molar-refractivity contribution in [1.82, 2.24) is 14.5 Å². The van der Waals surface area contributed by atoms with Crippen LogP contribution in [-0.4, -0.2) is 55.6 Å². The van der Waals surface area contributed by atoms with E-state index in [-0.39, 0.29) is 18.1 Å². The number of carbonyl (C=O) groups is 1. The average molecular weight is 358 g/mol. The van der Waals surface area contributed by atoms with Crippen molar-refractivity contribution in [3.8, 4) is 0 Å². The van der Waals surface area contributed by atoms with Gasteiger partial charge in [-0.25, -0.2) is 17.5 Å². The van der Waals surface area contributed by atoms with E-state index in [1.807, 2.05) is 11.8 Å². The summed E-state index contributed by atoms with van der Waals surface area (Å²) in [5, 5.41) is 5.11. The summed E-state index contributed by atoms with van der Waals surface area (Å²) in [6.07, 6.45) is 3.72. The molecule has 0 radical (unpaired) electrons. The summed E-state index contributed by atoms with van der Waals surface area (Å²) in [4.78, 5) is 15.8. The first kappa shape index (κ1) is 16.7. The van der Waals surface area contributed by atoms with E-state index < -0.39 is 10.0 Å². The molecule has 1 saturated heterocycles. The van der Waals surface area contributed by atoms with Crippen molar-refractivity contribution < 1.29 is 13.2 Å². The van der Waals surface area contributed by atoms with Gasteiger partial charge in [0.2, 0.25) is 10.0 Å². The summed E-state index contributed by atoms with van der Waals surface area (Å²) >= 11 is 1.75. The number of sulfonamides is 1. The van der Waals surface area contributed by atoms with E-state index >= 15 is 0 Å². The number of fused-ring (bicyclic) bond motifs is 1. The van der Waals surface area contributed by atoms with Gasteiger partial charge in [0.1, 0.15) is 0 Å². The first-order valence-electron chi connectivity index (χ1n) is 7.95. The normalized spacial score (nSPS) is 25.9. The number of piperidine rings is 1. The molecule has 0 spiro atoms. The molecule has 0 aromatic carbocycles. The van der Waals surface area contributed by atoms with Crippen LogP contribution in [-0.2, 0) is 16.4 Å². The lowest BCUT2D eigenvalue weighted by Crippen LogP contribution is -2.53. The van der Waals surface area contributed by atoms with Gasteiger partial charge in [0.15, 0.2) is 0 Å². The summed E-state index contributed by atoms with van der Waals surface area (Å²) in [7, 11) is -3.19. The van der Waals surface area contributed by atoms with Gasteiger partial charge in [-0.2, -0.15) is 0 Å². The zero-order chi connectivity index (χ0) is 16.6. The summed E-state index contributed by atoms with van der Waals surface area (Å²) in [6, 6.07) is 1.96. The van der Waals surface area contributed by atoms with Crippen LogP contribution >= 0.6 is 11.3 Å². The lowest BCUT2D eigenvalue weighted by Gasteiger charge is -2.37. The van der Waals surface area contributed by atoms with Gasteiger partial charge >= 0.3 is 6.03 Å². The predicted molar refractivity (Wildman–Crippen MR) is 91.1 cm³/mol. The van der Waals surface area contributed by atoms with Crippen LogP contribution in [0.15, 0.2) is 11.4 Å². The van der Waals surface area contributed by atoms with Crippen molar-refractivity contribution in [3.05, 3.63) is 21.9 Å². The van der Waals surface area contributed by atoms with Crippen LogP contribution in [0, 0.1) is 0 Å². The van der Waals surface area contributed by atoms with Crippen LogP contribution in [0.3, 0.4) is 0 Å². The molecule has 1 N–H and O–H groups in total. The summed E-state index contributed by atoms with van der Waals surface area (Å²) < 4.78 is 24.8. The zero-order valence-corrected chi connectivity index (χ0v) is 15.1. The molecule has 6 nitrogen and oxygen atoms in total. The number of rotatable bonds is 2. The van der Waals surface area contributed by atoms with E-state index in [9.17, 15) is 13.2 Å². The summed E-state index contributed by atoms with van der Waals surface area (Å²) in [5.74, 6) is 0. The van der Waals surface area contributed by atoms with Gasteiger partial charge in [-0.3, -0.25) is 0 Å². The topological polar surface area (TPSA) is 69.7 Å². The maximum Gasteiger partial charge on any atom is 0.318 e. The SMILES string of the molecule is CC1c2ccsc2CCN1C(=O)NC1CCCN(S(C)(=O)=O)C1. The van der Waals surface area contributed by atoms with Crippen molar-refractivity contribution in [1.29, 1.82) is 0 Å². The lowest BCUT2D eigenvalue weighted by molar-refractivity contribution is 0.165. The van der Waals surface area contributed by atoms with E-state index in [1.54, 1.807) is 11.3 Å². The maximum absolute atomic E-state index is 12.6. The third kappa shape index (κ3) is 3.54. The maximum atomic E-state index is 12.6. The van der Waals surface area contributed by atoms with Crippen molar-refractivity contribution >= 4 is 27.4 Å². The third-order valence-corrected chi connectivity index (χ3v) is 6.99. The minimum Gasteiger partial charge on any atom is -0.334 e. The molecule has 3 rings (SSSR count). The van der Waals surface area contributed by atoms with Crippen molar-refractivity contribution in [2.45, 2.75) is 38.3 Å². The number of nitrogens with zero attached hydrogens (tertiary/aromatic N) is 2. The molecule has 2 amide bonds. The highest BCUT2D eigenvalue weighted by molar-refractivity contribution is 7.88. The number of amides is 2. The quantitative estimate of drug-likeness (QED) is 0.877. The smallest absolute Gasteiger partial charge is 0.318 e. The molecule has 0 aliphatic carbocycles. The van der Waals surface area contributed by atoms with Gasteiger partial charge in [-0.05, 0) is 43.2 Å². The number of urea groups is 1. The highest BCUT2D eigenvalue weighted by atomic mass is 32.2. The summed E-state index contributed by atoms with van der Waals surface area (Å²) in [5.41, 5.74) is 1.23. The molecule has 2 unspecified atom stereocenters. The van der Waals surface area contributed by atoms with E-state index in [0.29, 0.717) is 19.6 Å². The molecule has 3 heterocycles. The molecule has 0 bridgehead atoms. The van der Waals surface area contributed by atoms with Crippen LogP contribution < -0.4 is 5.32 Å². The van der Waals surface area contributed by atoms with Gasteiger partial charge in [-0.15, -0.1) is 11.3 Å². The molecule has 2 aliphatic rings. The monoisotopic (exact) mass is 357 g/mol. The van der Waals surface area contributed by atoms with Gasteiger partial charge < -0.3 is 10.2 Å². The van der Waals surface area contributed by atoms with Crippen LogP contribution in [0.1, 0.15) is 36.2 Å². The standard InChI is InChI=1S/C15H23N3O3S2/c1-11-13-6-9-22-14(13)5-8-18(11)15(19)16-12-4-3-7-17(10-12)23(2,20)21/h6,9,11-12H,3-5,7-8,10H2,1-2H3,(H,16,19). The fourth-order valence-corrected chi connectivity index (χ4v) is 5.28. The van der Waals surface area contributed by atoms with Crippen LogP contribution in [0.2, 0.25) is 0 Å². The molecule has 8 heteroatoms. The lowest BCUT2D eigenvalue weighted by atomic mass is 10.0. The van der Waals surface area contributed by atoms with Gasteiger partial charge in [0.05, 0.1) is 12.3 Å². The predicted octanol–water partition coefficient (Wildman–Crippen LogP) is 1.80. The Hall–Kier alpha value is -1.12. The molecule has 128 valence electrons. The minimum atomic E-state index is -3.19. The molecular formula is C15H23N3O3S2. The minimum absolute atomic E-state index is 0.0691. The Balaban J connectivity index is 1.63. The molecule has 0 saturated carbocycles. The largest absolute Gasteiger partial charge is 0.334 e. The molecule has 23 heavy (non-hydrogen) atoms.